The van der Waals surface area contributed by atoms with E-state index in [0.29, 0.717) is 5.92 Å². The van der Waals surface area contributed by atoms with E-state index in [1.807, 2.05) is 6.20 Å². The van der Waals surface area contributed by atoms with Crippen LogP contribution in [-0.2, 0) is 11.3 Å². The number of nitrogens with zero attached hydrogens (tertiary/aromatic N) is 2. The number of hydrogen-bond acceptors (Lipinski definition) is 4. The Bertz CT molecular complexity index is 457. The van der Waals surface area contributed by atoms with Crippen LogP contribution in [-0.4, -0.2) is 36.8 Å². The summed E-state index contributed by atoms with van der Waals surface area (Å²) < 4.78 is 6.85. The number of anilines is 1. The van der Waals surface area contributed by atoms with E-state index in [1.54, 1.807) is 0 Å². The Labute approximate surface area is 136 Å². The van der Waals surface area contributed by atoms with Gasteiger partial charge in [-0.25, -0.2) is 4.98 Å². The van der Waals surface area contributed by atoms with Crippen molar-refractivity contribution in [2.75, 3.05) is 24.5 Å². The molecule has 2 heterocycles. The van der Waals surface area contributed by atoms with Crippen LogP contribution in [0.4, 0.5) is 5.82 Å². The maximum absolute atomic E-state index is 5.82. The van der Waals surface area contributed by atoms with E-state index in [4.69, 9.17) is 4.74 Å². The Morgan fingerprint density at radius 3 is 2.67 bits per heavy atom. The van der Waals surface area contributed by atoms with Gasteiger partial charge in [0.25, 0.3) is 0 Å². The molecule has 21 heavy (non-hydrogen) atoms. The molecule has 1 aromatic heterocycles. The maximum Gasteiger partial charge on any atom is 0.133 e. The lowest BCUT2D eigenvalue weighted by Gasteiger charge is -2.37. The highest BCUT2D eigenvalue weighted by molar-refractivity contribution is 9.10. The molecule has 2 unspecified atom stereocenters. The molecule has 0 aliphatic carbocycles. The van der Waals surface area contributed by atoms with Gasteiger partial charge in [0.1, 0.15) is 5.82 Å². The second kappa shape index (κ2) is 7.56. The monoisotopic (exact) mass is 355 g/mol. The van der Waals surface area contributed by atoms with Crippen molar-refractivity contribution in [3.8, 4) is 0 Å². The molecule has 0 saturated carbocycles. The van der Waals surface area contributed by atoms with Crippen LogP contribution in [0.2, 0.25) is 0 Å². The van der Waals surface area contributed by atoms with E-state index in [9.17, 15) is 0 Å². The predicted octanol–water partition coefficient (Wildman–Crippen LogP) is 3.20. The average Bonchev–Trinajstić information content (AvgIpc) is 2.37. The van der Waals surface area contributed by atoms with Gasteiger partial charge in [0.05, 0.1) is 12.2 Å². The lowest BCUT2D eigenvalue weighted by molar-refractivity contribution is -0.00551. The quantitative estimate of drug-likeness (QED) is 0.879. The van der Waals surface area contributed by atoms with Crippen molar-refractivity contribution in [1.82, 2.24) is 10.3 Å². The molecule has 0 radical (unpaired) electrons. The number of pyridine rings is 1. The zero-order valence-electron chi connectivity index (χ0n) is 13.4. The molecule has 118 valence electrons. The van der Waals surface area contributed by atoms with E-state index >= 15 is 0 Å². The van der Waals surface area contributed by atoms with Gasteiger partial charge in [0, 0.05) is 35.9 Å². The van der Waals surface area contributed by atoms with Crippen molar-refractivity contribution < 1.29 is 4.74 Å². The van der Waals surface area contributed by atoms with Gasteiger partial charge < -0.3 is 15.0 Å². The lowest BCUT2D eigenvalue weighted by atomic mass is 10.1. The van der Waals surface area contributed by atoms with Crippen molar-refractivity contribution in [3.05, 3.63) is 22.3 Å². The minimum absolute atomic E-state index is 0.246. The first-order valence-corrected chi connectivity index (χ1v) is 8.50. The maximum atomic E-state index is 5.82. The number of morpholine rings is 1. The Morgan fingerprint density at radius 1 is 1.38 bits per heavy atom. The molecule has 1 fully saturated rings. The fraction of sp³-hybridized carbons (Fsp3) is 0.688. The zero-order valence-corrected chi connectivity index (χ0v) is 15.0. The summed E-state index contributed by atoms with van der Waals surface area (Å²) in [5, 5.41) is 3.51. The Morgan fingerprint density at radius 2 is 2.05 bits per heavy atom. The number of ether oxygens (including phenoxy) is 1. The van der Waals surface area contributed by atoms with E-state index in [2.05, 4.69) is 64.9 Å². The summed E-state index contributed by atoms with van der Waals surface area (Å²) in [5.74, 6) is 1.73. The summed E-state index contributed by atoms with van der Waals surface area (Å²) in [4.78, 5) is 7.00. The molecule has 0 spiro atoms. The molecule has 1 aliphatic rings. The molecular formula is C16H26BrN3O. The van der Waals surface area contributed by atoms with Gasteiger partial charge in [-0.05, 0) is 48.3 Å². The van der Waals surface area contributed by atoms with E-state index in [-0.39, 0.29) is 12.2 Å². The van der Waals surface area contributed by atoms with Crippen molar-refractivity contribution in [1.29, 1.82) is 0 Å². The van der Waals surface area contributed by atoms with E-state index < -0.39 is 0 Å². The van der Waals surface area contributed by atoms with Gasteiger partial charge >= 0.3 is 0 Å². The first kappa shape index (κ1) is 16.7. The van der Waals surface area contributed by atoms with Gasteiger partial charge in [-0.15, -0.1) is 0 Å². The molecule has 1 aliphatic heterocycles. The first-order valence-electron chi connectivity index (χ1n) is 7.71. The first-order chi connectivity index (χ1) is 9.95. The van der Waals surface area contributed by atoms with Crippen molar-refractivity contribution in [2.24, 2.45) is 5.92 Å². The second-order valence-corrected chi connectivity index (χ2v) is 7.24. The Balaban J connectivity index is 2.13. The topological polar surface area (TPSA) is 37.4 Å². The third-order valence-electron chi connectivity index (χ3n) is 3.50. The summed E-state index contributed by atoms with van der Waals surface area (Å²) in [6.45, 7) is 12.3. The minimum Gasteiger partial charge on any atom is -0.372 e. The van der Waals surface area contributed by atoms with Gasteiger partial charge in [-0.1, -0.05) is 13.8 Å². The summed E-state index contributed by atoms with van der Waals surface area (Å²) in [6.07, 6.45) is 2.37. The Kier molecular flexibility index (Phi) is 6.02. The summed E-state index contributed by atoms with van der Waals surface area (Å²) in [7, 11) is 0. The smallest absolute Gasteiger partial charge is 0.133 e. The Hall–Kier alpha value is -0.650. The van der Waals surface area contributed by atoms with Crippen molar-refractivity contribution >= 4 is 21.7 Å². The van der Waals surface area contributed by atoms with Gasteiger partial charge in [0.15, 0.2) is 0 Å². The largest absolute Gasteiger partial charge is 0.372 e. The number of nitrogens with one attached hydrogen (secondary N) is 1. The molecule has 5 heteroatoms. The lowest BCUT2D eigenvalue weighted by Crippen LogP contribution is -2.46. The van der Waals surface area contributed by atoms with Crippen LogP contribution in [0.3, 0.4) is 0 Å². The van der Waals surface area contributed by atoms with Crippen molar-refractivity contribution in [3.63, 3.8) is 0 Å². The third-order valence-corrected chi connectivity index (χ3v) is 3.93. The number of rotatable bonds is 5. The van der Waals surface area contributed by atoms with Gasteiger partial charge in [0.2, 0.25) is 0 Å². The molecule has 2 rings (SSSR count). The molecule has 4 nitrogen and oxygen atoms in total. The molecule has 1 saturated heterocycles. The van der Waals surface area contributed by atoms with E-state index in [1.165, 1.54) is 5.56 Å². The summed E-state index contributed by atoms with van der Waals surface area (Å²) in [6, 6.07) is 2.17. The second-order valence-electron chi connectivity index (χ2n) is 6.32. The molecule has 0 aromatic carbocycles. The SMILES string of the molecule is CC(C)CNCc1cc(Br)cnc1N1CC(C)OC(C)C1. The number of aromatic nitrogens is 1. The van der Waals surface area contributed by atoms with Crippen LogP contribution in [0.5, 0.6) is 0 Å². The van der Waals surface area contributed by atoms with Crippen LogP contribution < -0.4 is 10.2 Å². The van der Waals surface area contributed by atoms with Crippen LogP contribution >= 0.6 is 15.9 Å². The highest BCUT2D eigenvalue weighted by atomic mass is 79.9. The standard InChI is InChI=1S/C16H26BrN3O/c1-11(2)6-18-7-14-5-15(17)8-19-16(14)20-9-12(3)21-13(4)10-20/h5,8,11-13,18H,6-7,9-10H2,1-4H3. The predicted molar refractivity (Wildman–Crippen MR) is 90.7 cm³/mol. The van der Waals surface area contributed by atoms with Crippen LogP contribution in [0.1, 0.15) is 33.3 Å². The van der Waals surface area contributed by atoms with Gasteiger partial charge in [-0.2, -0.15) is 0 Å². The highest BCUT2D eigenvalue weighted by Crippen LogP contribution is 2.25. The fourth-order valence-corrected chi connectivity index (χ4v) is 3.11. The summed E-state index contributed by atoms with van der Waals surface area (Å²) >= 11 is 3.53. The molecular weight excluding hydrogens is 330 g/mol. The molecule has 0 amide bonds. The van der Waals surface area contributed by atoms with Gasteiger partial charge in [-0.3, -0.25) is 0 Å². The number of hydrogen-bond donors (Lipinski definition) is 1. The highest BCUT2D eigenvalue weighted by Gasteiger charge is 2.24. The molecule has 2 atom stereocenters. The van der Waals surface area contributed by atoms with Crippen LogP contribution in [0, 0.1) is 5.92 Å². The molecule has 1 N–H and O–H groups in total. The zero-order chi connectivity index (χ0) is 15.4. The average molecular weight is 356 g/mol. The minimum atomic E-state index is 0.246. The summed E-state index contributed by atoms with van der Waals surface area (Å²) in [5.41, 5.74) is 1.24. The van der Waals surface area contributed by atoms with Crippen LogP contribution in [0.25, 0.3) is 0 Å². The van der Waals surface area contributed by atoms with E-state index in [0.717, 1.165) is 36.5 Å². The normalized spacial score (nSPS) is 22.9. The number of halogens is 1. The van der Waals surface area contributed by atoms with Crippen LogP contribution in [0.15, 0.2) is 16.7 Å². The molecule has 1 aromatic rings. The third kappa shape index (κ3) is 4.94. The molecule has 0 bridgehead atoms. The fourth-order valence-electron chi connectivity index (χ4n) is 2.74. The van der Waals surface area contributed by atoms with Crippen molar-refractivity contribution in [2.45, 2.75) is 46.4 Å².